The number of ketones is 1. The lowest BCUT2D eigenvalue weighted by molar-refractivity contribution is 0.0998. The molecule has 0 saturated carbocycles. The Bertz CT molecular complexity index is 449. The van der Waals surface area contributed by atoms with Gasteiger partial charge >= 0.3 is 0 Å². The van der Waals surface area contributed by atoms with Gasteiger partial charge in [0, 0.05) is 11.1 Å². The third kappa shape index (κ3) is 2.10. The first-order valence-electron chi connectivity index (χ1n) is 4.03. The van der Waals surface area contributed by atoms with Crippen molar-refractivity contribution in [2.45, 2.75) is 13.3 Å². The minimum absolute atomic E-state index is 0.262. The molecule has 1 N–H and O–H groups in total. The van der Waals surface area contributed by atoms with E-state index < -0.39 is 23.5 Å². The summed E-state index contributed by atoms with van der Waals surface area (Å²) in [6.07, 6.45) is -2.85. The Labute approximate surface area is 84.6 Å². The number of benzene rings is 1. The van der Waals surface area contributed by atoms with Crippen molar-refractivity contribution in [1.29, 1.82) is 5.26 Å². The van der Waals surface area contributed by atoms with Gasteiger partial charge in [0.25, 0.3) is 6.43 Å². The van der Waals surface area contributed by atoms with E-state index in [0.717, 1.165) is 19.1 Å². The van der Waals surface area contributed by atoms with Crippen LogP contribution in [-0.2, 0) is 0 Å². The third-order valence-electron chi connectivity index (χ3n) is 1.90. The highest BCUT2D eigenvalue weighted by atomic mass is 19.3. The topological polar surface area (TPSA) is 61.1 Å². The molecule has 0 heterocycles. The van der Waals surface area contributed by atoms with Crippen LogP contribution in [0.3, 0.4) is 0 Å². The van der Waals surface area contributed by atoms with Crippen molar-refractivity contribution in [2.75, 3.05) is 0 Å². The fourth-order valence-electron chi connectivity index (χ4n) is 1.18. The number of phenols is 1. The molecule has 3 nitrogen and oxygen atoms in total. The van der Waals surface area contributed by atoms with Crippen molar-refractivity contribution in [1.82, 2.24) is 0 Å². The lowest BCUT2D eigenvalue weighted by Gasteiger charge is -2.07. The molecule has 0 fully saturated rings. The number of phenolic OH excluding ortho intramolecular Hbond substituents is 1. The molecule has 5 heteroatoms. The van der Waals surface area contributed by atoms with Gasteiger partial charge in [-0.05, 0) is 19.1 Å². The van der Waals surface area contributed by atoms with E-state index in [1.54, 1.807) is 6.07 Å². The molecule has 0 atom stereocenters. The Balaban J connectivity index is 3.47. The van der Waals surface area contributed by atoms with Crippen LogP contribution < -0.4 is 0 Å². The average molecular weight is 211 g/mol. The molecule has 0 spiro atoms. The second kappa shape index (κ2) is 4.05. The molecule has 0 unspecified atom stereocenters. The van der Waals surface area contributed by atoms with E-state index in [4.69, 9.17) is 5.26 Å². The predicted octanol–water partition coefficient (Wildman–Crippen LogP) is 2.40. The van der Waals surface area contributed by atoms with E-state index in [1.165, 1.54) is 0 Å². The number of halogens is 2. The summed E-state index contributed by atoms with van der Waals surface area (Å²) in [6, 6.07) is 3.28. The highest BCUT2D eigenvalue weighted by Crippen LogP contribution is 2.29. The lowest BCUT2D eigenvalue weighted by Crippen LogP contribution is -2.01. The van der Waals surface area contributed by atoms with Gasteiger partial charge in [0.2, 0.25) is 0 Å². The fraction of sp³-hybridized carbons (Fsp3) is 0.200. The van der Waals surface area contributed by atoms with Crippen molar-refractivity contribution >= 4 is 5.78 Å². The van der Waals surface area contributed by atoms with Gasteiger partial charge in [-0.15, -0.1) is 0 Å². The average Bonchev–Trinajstić information content (AvgIpc) is 2.16. The smallest absolute Gasteiger partial charge is 0.264 e. The first kappa shape index (κ1) is 11.1. The number of alkyl halides is 2. The Morgan fingerprint density at radius 2 is 2.13 bits per heavy atom. The second-order valence-corrected chi connectivity index (χ2v) is 2.93. The molecule has 78 valence electrons. The Morgan fingerprint density at radius 1 is 1.53 bits per heavy atom. The first-order chi connectivity index (χ1) is 6.97. The highest BCUT2D eigenvalue weighted by Gasteiger charge is 2.18. The maximum Gasteiger partial charge on any atom is 0.264 e. The van der Waals surface area contributed by atoms with E-state index in [2.05, 4.69) is 0 Å². The number of rotatable bonds is 2. The Morgan fingerprint density at radius 3 is 2.53 bits per heavy atom. The predicted molar refractivity (Wildman–Crippen MR) is 47.8 cm³/mol. The van der Waals surface area contributed by atoms with Crippen molar-refractivity contribution in [3.63, 3.8) is 0 Å². The van der Waals surface area contributed by atoms with Crippen LogP contribution >= 0.6 is 0 Å². The number of carbonyl (C=O) groups excluding carboxylic acids is 1. The summed E-state index contributed by atoms with van der Waals surface area (Å²) in [6.45, 7) is 1.12. The number of hydrogen-bond acceptors (Lipinski definition) is 3. The molecule has 0 aliphatic carbocycles. The van der Waals surface area contributed by atoms with Crippen molar-refractivity contribution in [3.05, 3.63) is 28.8 Å². The van der Waals surface area contributed by atoms with Gasteiger partial charge in [-0.3, -0.25) is 4.79 Å². The van der Waals surface area contributed by atoms with Crippen molar-refractivity contribution in [3.8, 4) is 11.8 Å². The van der Waals surface area contributed by atoms with Crippen LogP contribution in [0.4, 0.5) is 8.78 Å². The zero-order chi connectivity index (χ0) is 11.6. The van der Waals surface area contributed by atoms with Gasteiger partial charge in [0.15, 0.2) is 5.78 Å². The van der Waals surface area contributed by atoms with Crippen LogP contribution in [0.5, 0.6) is 5.75 Å². The number of aromatic hydroxyl groups is 1. The number of nitrogens with zero attached hydrogens (tertiary/aromatic N) is 1. The zero-order valence-corrected chi connectivity index (χ0v) is 7.79. The summed E-state index contributed by atoms with van der Waals surface area (Å²) in [5, 5.41) is 17.7. The summed E-state index contributed by atoms with van der Waals surface area (Å²) in [5.74, 6) is -1.04. The molecule has 1 rings (SSSR count). The van der Waals surface area contributed by atoms with Crippen LogP contribution in [0.1, 0.15) is 34.8 Å². The molecule has 0 aliphatic heterocycles. The van der Waals surface area contributed by atoms with Crippen molar-refractivity contribution < 1.29 is 18.7 Å². The van der Waals surface area contributed by atoms with Crippen LogP contribution in [-0.4, -0.2) is 10.9 Å². The summed E-state index contributed by atoms with van der Waals surface area (Å²) in [4.78, 5) is 11.0. The van der Waals surface area contributed by atoms with Gasteiger partial charge in [-0.2, -0.15) is 5.26 Å². The molecule has 0 radical (unpaired) electrons. The monoisotopic (exact) mass is 211 g/mol. The molecule has 1 aromatic rings. The maximum atomic E-state index is 12.5. The molecular formula is C10H7F2NO2. The van der Waals surface area contributed by atoms with E-state index in [9.17, 15) is 18.7 Å². The van der Waals surface area contributed by atoms with Crippen LogP contribution in [0.15, 0.2) is 12.1 Å². The Hall–Kier alpha value is -1.96. The van der Waals surface area contributed by atoms with Crippen LogP contribution in [0, 0.1) is 11.3 Å². The van der Waals surface area contributed by atoms with Gasteiger partial charge in [-0.1, -0.05) is 0 Å². The van der Waals surface area contributed by atoms with Gasteiger partial charge in [0.05, 0.1) is 5.56 Å². The molecule has 0 aromatic heterocycles. The fourth-order valence-corrected chi connectivity index (χ4v) is 1.18. The molecule has 0 bridgehead atoms. The number of carbonyl (C=O) groups is 1. The van der Waals surface area contributed by atoms with E-state index in [-0.39, 0.29) is 11.1 Å². The highest BCUT2D eigenvalue weighted by molar-refractivity contribution is 5.96. The number of hydrogen-bond donors (Lipinski definition) is 1. The minimum atomic E-state index is -2.85. The normalized spacial score (nSPS) is 10.1. The molecule has 1 aromatic carbocycles. The van der Waals surface area contributed by atoms with Gasteiger partial charge in [0.1, 0.15) is 11.8 Å². The van der Waals surface area contributed by atoms with E-state index in [1.807, 2.05) is 0 Å². The van der Waals surface area contributed by atoms with Crippen LogP contribution in [0.25, 0.3) is 0 Å². The summed E-state index contributed by atoms with van der Waals surface area (Å²) >= 11 is 0. The summed E-state index contributed by atoms with van der Waals surface area (Å²) < 4.78 is 25.0. The minimum Gasteiger partial charge on any atom is -0.507 e. The number of Topliss-reactive ketones (excluding diaryl/α,β-unsaturated/α-hetero) is 1. The zero-order valence-electron chi connectivity index (χ0n) is 7.79. The standard InChI is InChI=1S/C10H7F2NO2/c1-5(14)7-3-9(15)6(4-13)2-8(7)10(11)12/h2-3,10,15H,1H3. The van der Waals surface area contributed by atoms with E-state index >= 15 is 0 Å². The SMILES string of the molecule is CC(=O)c1cc(O)c(C#N)cc1C(F)F. The Kier molecular flexibility index (Phi) is 3.00. The van der Waals surface area contributed by atoms with Crippen molar-refractivity contribution in [2.24, 2.45) is 0 Å². The van der Waals surface area contributed by atoms with E-state index in [0.29, 0.717) is 0 Å². The molecule has 0 aliphatic rings. The maximum absolute atomic E-state index is 12.5. The second-order valence-electron chi connectivity index (χ2n) is 2.93. The quantitative estimate of drug-likeness (QED) is 0.764. The molecule has 15 heavy (non-hydrogen) atoms. The van der Waals surface area contributed by atoms with Gasteiger partial charge < -0.3 is 5.11 Å². The van der Waals surface area contributed by atoms with Gasteiger partial charge in [-0.25, -0.2) is 8.78 Å². The first-order valence-corrected chi connectivity index (χ1v) is 4.03. The third-order valence-corrected chi connectivity index (χ3v) is 1.90. The largest absolute Gasteiger partial charge is 0.507 e. The lowest BCUT2D eigenvalue weighted by atomic mass is 10.0. The molecule has 0 amide bonds. The number of nitriles is 1. The molecule has 0 saturated heterocycles. The summed E-state index contributed by atoms with van der Waals surface area (Å²) in [7, 11) is 0. The summed E-state index contributed by atoms with van der Waals surface area (Å²) in [5.41, 5.74) is -1.06. The van der Waals surface area contributed by atoms with Crippen LogP contribution in [0.2, 0.25) is 0 Å². The molecular weight excluding hydrogens is 204 g/mol.